The van der Waals surface area contributed by atoms with E-state index in [1.54, 1.807) is 6.08 Å². The van der Waals surface area contributed by atoms with Crippen LogP contribution in [-0.4, -0.2) is 5.78 Å². The van der Waals surface area contributed by atoms with Crippen molar-refractivity contribution in [2.75, 3.05) is 0 Å². The molecule has 62 valence electrons. The average molecular weight is 152 g/mol. The van der Waals surface area contributed by atoms with Crippen LogP contribution in [0.5, 0.6) is 0 Å². The van der Waals surface area contributed by atoms with Gasteiger partial charge < -0.3 is 0 Å². The largest absolute Gasteiger partial charge is 0.295 e. The summed E-state index contributed by atoms with van der Waals surface area (Å²) in [6.07, 6.45) is 4.74. The summed E-state index contributed by atoms with van der Waals surface area (Å²) >= 11 is 0. The predicted molar refractivity (Wildman–Crippen MR) is 46.4 cm³/mol. The van der Waals surface area contributed by atoms with Gasteiger partial charge in [-0.2, -0.15) is 0 Å². The Morgan fingerprint density at radius 3 is 2.73 bits per heavy atom. The van der Waals surface area contributed by atoms with Crippen molar-refractivity contribution in [1.82, 2.24) is 0 Å². The van der Waals surface area contributed by atoms with Gasteiger partial charge in [0.15, 0.2) is 5.78 Å². The molecular formula is C10H16O. The van der Waals surface area contributed by atoms with Crippen LogP contribution >= 0.6 is 0 Å². The number of carbonyl (C=O) groups excluding carboxylic acids is 1. The maximum atomic E-state index is 11.2. The van der Waals surface area contributed by atoms with Crippen molar-refractivity contribution in [1.29, 1.82) is 0 Å². The minimum atomic E-state index is 0.214. The zero-order chi connectivity index (χ0) is 8.48. The second kappa shape index (κ2) is 2.80. The summed E-state index contributed by atoms with van der Waals surface area (Å²) in [7, 11) is 0. The molecule has 1 heteroatoms. The predicted octanol–water partition coefficient (Wildman–Crippen LogP) is 2.71. The molecule has 1 aliphatic rings. The van der Waals surface area contributed by atoms with Crippen LogP contribution in [0.3, 0.4) is 0 Å². The van der Waals surface area contributed by atoms with Crippen molar-refractivity contribution in [3.63, 3.8) is 0 Å². The highest BCUT2D eigenvalue weighted by Gasteiger charge is 2.23. The Hall–Kier alpha value is -0.590. The van der Waals surface area contributed by atoms with Crippen LogP contribution in [-0.2, 0) is 4.79 Å². The van der Waals surface area contributed by atoms with Crippen molar-refractivity contribution in [2.24, 2.45) is 5.41 Å². The molecule has 0 N–H and O–H groups in total. The lowest BCUT2D eigenvalue weighted by molar-refractivity contribution is -0.116. The van der Waals surface area contributed by atoms with E-state index in [0.717, 1.165) is 12.8 Å². The van der Waals surface area contributed by atoms with E-state index in [4.69, 9.17) is 0 Å². The quantitative estimate of drug-likeness (QED) is 0.521. The first-order valence-corrected chi connectivity index (χ1v) is 4.20. The molecule has 0 aromatic rings. The van der Waals surface area contributed by atoms with Gasteiger partial charge >= 0.3 is 0 Å². The van der Waals surface area contributed by atoms with E-state index in [-0.39, 0.29) is 5.41 Å². The molecular weight excluding hydrogens is 136 g/mol. The summed E-state index contributed by atoms with van der Waals surface area (Å²) in [5, 5.41) is 0. The Morgan fingerprint density at radius 2 is 2.09 bits per heavy atom. The Bertz CT molecular complexity index is 199. The molecule has 0 aliphatic heterocycles. The van der Waals surface area contributed by atoms with Gasteiger partial charge in [0.2, 0.25) is 0 Å². The highest BCUT2D eigenvalue weighted by molar-refractivity contribution is 5.91. The van der Waals surface area contributed by atoms with Crippen molar-refractivity contribution in [3.8, 4) is 0 Å². The van der Waals surface area contributed by atoms with E-state index in [1.165, 1.54) is 5.57 Å². The van der Waals surface area contributed by atoms with Gasteiger partial charge in [-0.3, -0.25) is 4.79 Å². The molecule has 0 spiro atoms. The third-order valence-electron chi connectivity index (χ3n) is 2.26. The molecule has 0 bridgehead atoms. The minimum Gasteiger partial charge on any atom is -0.295 e. The van der Waals surface area contributed by atoms with Gasteiger partial charge in [0.25, 0.3) is 0 Å². The van der Waals surface area contributed by atoms with Gasteiger partial charge in [0, 0.05) is 6.42 Å². The summed E-state index contributed by atoms with van der Waals surface area (Å²) < 4.78 is 0. The first kappa shape index (κ1) is 8.51. The second-order valence-corrected chi connectivity index (χ2v) is 4.30. The molecule has 0 unspecified atom stereocenters. The van der Waals surface area contributed by atoms with Gasteiger partial charge in [-0.15, -0.1) is 0 Å². The van der Waals surface area contributed by atoms with E-state index < -0.39 is 0 Å². The number of rotatable bonds is 0. The molecule has 0 aromatic carbocycles. The van der Waals surface area contributed by atoms with Gasteiger partial charge in [0.1, 0.15) is 0 Å². The zero-order valence-corrected chi connectivity index (χ0v) is 7.61. The molecule has 0 atom stereocenters. The molecule has 1 rings (SSSR count). The Kier molecular flexibility index (Phi) is 2.17. The van der Waals surface area contributed by atoms with E-state index in [0.29, 0.717) is 12.2 Å². The maximum absolute atomic E-state index is 11.2. The number of hydrogen-bond acceptors (Lipinski definition) is 1. The van der Waals surface area contributed by atoms with Crippen LogP contribution in [0.4, 0.5) is 0 Å². The van der Waals surface area contributed by atoms with Gasteiger partial charge in [0.05, 0.1) is 0 Å². The molecule has 0 saturated heterocycles. The smallest absolute Gasteiger partial charge is 0.156 e. The van der Waals surface area contributed by atoms with Crippen molar-refractivity contribution in [2.45, 2.75) is 40.0 Å². The van der Waals surface area contributed by atoms with E-state index in [2.05, 4.69) is 13.8 Å². The third kappa shape index (κ3) is 2.49. The van der Waals surface area contributed by atoms with Gasteiger partial charge in [-0.25, -0.2) is 0 Å². The van der Waals surface area contributed by atoms with Crippen molar-refractivity contribution in [3.05, 3.63) is 11.6 Å². The number of ketones is 1. The number of hydrogen-bond donors (Lipinski definition) is 0. The molecule has 1 nitrogen and oxygen atoms in total. The molecule has 0 saturated carbocycles. The summed E-state index contributed by atoms with van der Waals surface area (Å²) in [6, 6.07) is 0. The normalized spacial score (nSPS) is 24.3. The number of carbonyl (C=O) groups is 1. The monoisotopic (exact) mass is 152 g/mol. The van der Waals surface area contributed by atoms with E-state index >= 15 is 0 Å². The molecule has 0 aromatic heterocycles. The summed E-state index contributed by atoms with van der Waals surface area (Å²) in [5.74, 6) is 0.296. The van der Waals surface area contributed by atoms with Crippen LogP contribution in [0.25, 0.3) is 0 Å². The lowest BCUT2D eigenvalue weighted by Crippen LogP contribution is -2.13. The van der Waals surface area contributed by atoms with E-state index in [1.807, 2.05) is 6.92 Å². The van der Waals surface area contributed by atoms with Crippen LogP contribution < -0.4 is 0 Å². The van der Waals surface area contributed by atoms with Crippen LogP contribution in [0.1, 0.15) is 40.0 Å². The van der Waals surface area contributed by atoms with Gasteiger partial charge in [-0.05, 0) is 31.3 Å². The zero-order valence-electron chi connectivity index (χ0n) is 7.61. The highest BCUT2D eigenvalue weighted by atomic mass is 16.1. The molecule has 0 fully saturated rings. The molecule has 0 amide bonds. The Labute approximate surface area is 68.5 Å². The van der Waals surface area contributed by atoms with Crippen LogP contribution in [0.2, 0.25) is 0 Å². The fraction of sp³-hybridized carbons (Fsp3) is 0.700. The third-order valence-corrected chi connectivity index (χ3v) is 2.26. The Morgan fingerprint density at radius 1 is 1.45 bits per heavy atom. The first-order chi connectivity index (χ1) is 4.99. The van der Waals surface area contributed by atoms with Gasteiger partial charge in [-0.1, -0.05) is 19.4 Å². The number of allylic oxidation sites excluding steroid dienone is 2. The maximum Gasteiger partial charge on any atom is 0.156 e. The SMILES string of the molecule is CC1=CC(=O)CC(C)(C)CC1. The topological polar surface area (TPSA) is 17.1 Å². The lowest BCUT2D eigenvalue weighted by Gasteiger charge is -2.20. The molecule has 0 heterocycles. The fourth-order valence-corrected chi connectivity index (χ4v) is 1.49. The summed E-state index contributed by atoms with van der Waals surface area (Å²) in [5.41, 5.74) is 1.45. The van der Waals surface area contributed by atoms with Crippen LogP contribution in [0, 0.1) is 5.41 Å². The van der Waals surface area contributed by atoms with Crippen molar-refractivity contribution >= 4 is 5.78 Å². The Balaban J connectivity index is 2.73. The lowest BCUT2D eigenvalue weighted by atomic mass is 9.84. The average Bonchev–Trinajstić information content (AvgIpc) is 1.90. The van der Waals surface area contributed by atoms with E-state index in [9.17, 15) is 4.79 Å². The summed E-state index contributed by atoms with van der Waals surface area (Å²) in [4.78, 5) is 11.2. The minimum absolute atomic E-state index is 0.214. The highest BCUT2D eigenvalue weighted by Crippen LogP contribution is 2.31. The van der Waals surface area contributed by atoms with Crippen LogP contribution in [0.15, 0.2) is 11.6 Å². The molecule has 0 radical (unpaired) electrons. The first-order valence-electron chi connectivity index (χ1n) is 4.20. The second-order valence-electron chi connectivity index (χ2n) is 4.30. The standard InChI is InChI=1S/C10H16O/c1-8-4-5-10(2,3)7-9(11)6-8/h6H,4-5,7H2,1-3H3. The molecule has 11 heavy (non-hydrogen) atoms. The summed E-state index contributed by atoms with van der Waals surface area (Å²) in [6.45, 7) is 6.37. The molecule has 1 aliphatic carbocycles. The van der Waals surface area contributed by atoms with Crippen molar-refractivity contribution < 1.29 is 4.79 Å². The fourth-order valence-electron chi connectivity index (χ4n) is 1.49.